The highest BCUT2D eigenvalue weighted by molar-refractivity contribution is 6.07. The first-order valence-electron chi connectivity index (χ1n) is 10.4. The third-order valence-corrected chi connectivity index (χ3v) is 5.39. The molecule has 1 heterocycles. The lowest BCUT2D eigenvalue weighted by molar-refractivity contribution is 0.0952. The normalized spacial score (nSPS) is 10.7. The third-order valence-electron chi connectivity index (χ3n) is 5.39. The third kappa shape index (κ3) is 4.34. The van der Waals surface area contributed by atoms with E-state index in [0.29, 0.717) is 45.0 Å². The average Bonchev–Trinajstić information content (AvgIpc) is 2.87. The van der Waals surface area contributed by atoms with Gasteiger partial charge in [-0.25, -0.2) is 13.8 Å². The molecule has 0 aliphatic rings. The molecule has 0 radical (unpaired) electrons. The van der Waals surface area contributed by atoms with Crippen molar-refractivity contribution in [1.29, 1.82) is 0 Å². The Morgan fingerprint density at radius 1 is 0.912 bits per heavy atom. The number of methoxy groups -OCH3 is 3. The van der Waals surface area contributed by atoms with Crippen molar-refractivity contribution in [3.8, 4) is 28.5 Å². The van der Waals surface area contributed by atoms with E-state index in [0.717, 1.165) is 6.07 Å². The zero-order valence-corrected chi connectivity index (χ0v) is 18.8. The van der Waals surface area contributed by atoms with Gasteiger partial charge < -0.3 is 19.5 Å². The number of amides is 1. The quantitative estimate of drug-likeness (QED) is 0.410. The van der Waals surface area contributed by atoms with Gasteiger partial charge in [0.2, 0.25) is 5.75 Å². The summed E-state index contributed by atoms with van der Waals surface area (Å²) >= 11 is 0. The lowest BCUT2D eigenvalue weighted by Gasteiger charge is -2.15. The van der Waals surface area contributed by atoms with Crippen LogP contribution in [0.3, 0.4) is 0 Å². The number of pyridine rings is 1. The van der Waals surface area contributed by atoms with Crippen molar-refractivity contribution in [3.63, 3.8) is 0 Å². The van der Waals surface area contributed by atoms with Gasteiger partial charge in [0, 0.05) is 23.1 Å². The number of hydrogen-bond acceptors (Lipinski definition) is 5. The van der Waals surface area contributed by atoms with Crippen LogP contribution in [0.5, 0.6) is 17.2 Å². The summed E-state index contributed by atoms with van der Waals surface area (Å²) in [7, 11) is 4.54. The van der Waals surface area contributed by atoms with E-state index in [1.807, 2.05) is 6.07 Å². The van der Waals surface area contributed by atoms with Crippen molar-refractivity contribution in [1.82, 2.24) is 10.3 Å². The number of carbonyl (C=O) groups is 1. The highest BCUT2D eigenvalue weighted by atomic mass is 19.2. The first-order chi connectivity index (χ1) is 16.5. The Bertz CT molecular complexity index is 1350. The van der Waals surface area contributed by atoms with Crippen LogP contribution in [0.1, 0.15) is 15.9 Å². The fourth-order valence-corrected chi connectivity index (χ4v) is 3.70. The van der Waals surface area contributed by atoms with E-state index in [1.54, 1.807) is 36.4 Å². The number of carbonyl (C=O) groups excluding carboxylic acids is 1. The SMILES string of the molecule is COc1cc(-c2cc(C(=O)NCc3cccc(F)c3F)c3ccccc3n2)cc(OC)c1OC. The zero-order chi connectivity index (χ0) is 24.2. The van der Waals surface area contributed by atoms with Gasteiger partial charge in [0.25, 0.3) is 5.91 Å². The van der Waals surface area contributed by atoms with Crippen molar-refractivity contribution in [2.75, 3.05) is 21.3 Å². The van der Waals surface area contributed by atoms with Gasteiger partial charge in [-0.15, -0.1) is 0 Å². The summed E-state index contributed by atoms with van der Waals surface area (Å²) < 4.78 is 43.8. The van der Waals surface area contributed by atoms with Crippen LogP contribution in [0.4, 0.5) is 8.78 Å². The molecule has 1 aromatic heterocycles. The topological polar surface area (TPSA) is 69.7 Å². The molecule has 174 valence electrons. The van der Waals surface area contributed by atoms with Crippen LogP contribution in [-0.2, 0) is 6.54 Å². The lowest BCUT2D eigenvalue weighted by atomic mass is 10.0. The van der Waals surface area contributed by atoms with Gasteiger partial charge in [0.05, 0.1) is 38.1 Å². The summed E-state index contributed by atoms with van der Waals surface area (Å²) in [5, 5.41) is 3.30. The van der Waals surface area contributed by atoms with Crippen LogP contribution < -0.4 is 19.5 Å². The van der Waals surface area contributed by atoms with E-state index in [4.69, 9.17) is 19.2 Å². The maximum atomic E-state index is 14.0. The van der Waals surface area contributed by atoms with E-state index in [2.05, 4.69) is 5.32 Å². The molecule has 4 rings (SSSR count). The monoisotopic (exact) mass is 464 g/mol. The van der Waals surface area contributed by atoms with Crippen molar-refractivity contribution in [3.05, 3.63) is 83.4 Å². The maximum absolute atomic E-state index is 14.0. The average molecular weight is 464 g/mol. The van der Waals surface area contributed by atoms with Gasteiger partial charge in [-0.3, -0.25) is 4.79 Å². The van der Waals surface area contributed by atoms with Crippen LogP contribution in [0.2, 0.25) is 0 Å². The molecule has 0 spiro atoms. The van der Waals surface area contributed by atoms with E-state index < -0.39 is 17.5 Å². The molecule has 0 saturated carbocycles. The predicted octanol–water partition coefficient (Wildman–Crippen LogP) is 5.14. The Hall–Kier alpha value is -4.20. The van der Waals surface area contributed by atoms with Crippen molar-refractivity contribution >= 4 is 16.8 Å². The number of nitrogens with one attached hydrogen (secondary N) is 1. The number of ether oxygens (including phenoxy) is 3. The van der Waals surface area contributed by atoms with Crippen molar-refractivity contribution in [2.45, 2.75) is 6.54 Å². The second-order valence-electron chi connectivity index (χ2n) is 7.38. The number of nitrogens with zero attached hydrogens (tertiary/aromatic N) is 1. The predicted molar refractivity (Wildman–Crippen MR) is 124 cm³/mol. The Morgan fingerprint density at radius 3 is 2.29 bits per heavy atom. The molecule has 0 fully saturated rings. The minimum Gasteiger partial charge on any atom is -0.493 e. The number of halogens is 2. The summed E-state index contributed by atoms with van der Waals surface area (Å²) in [6, 6.07) is 16.1. The van der Waals surface area contributed by atoms with Crippen LogP contribution in [0.15, 0.2) is 60.7 Å². The fraction of sp³-hybridized carbons (Fsp3) is 0.154. The van der Waals surface area contributed by atoms with Gasteiger partial charge in [-0.1, -0.05) is 30.3 Å². The molecule has 0 bridgehead atoms. The van der Waals surface area contributed by atoms with E-state index in [1.165, 1.54) is 33.5 Å². The molecular formula is C26H22F2N2O4. The number of para-hydroxylation sites is 1. The maximum Gasteiger partial charge on any atom is 0.252 e. The highest BCUT2D eigenvalue weighted by Crippen LogP contribution is 2.41. The van der Waals surface area contributed by atoms with E-state index in [-0.39, 0.29) is 12.1 Å². The summed E-state index contributed by atoms with van der Waals surface area (Å²) in [4.78, 5) is 17.8. The van der Waals surface area contributed by atoms with Crippen LogP contribution in [0.25, 0.3) is 22.2 Å². The molecule has 34 heavy (non-hydrogen) atoms. The van der Waals surface area contributed by atoms with Crippen molar-refractivity contribution < 1.29 is 27.8 Å². The molecule has 0 aliphatic heterocycles. The van der Waals surface area contributed by atoms with Gasteiger partial charge in [-0.2, -0.15) is 0 Å². The fourth-order valence-electron chi connectivity index (χ4n) is 3.70. The first-order valence-corrected chi connectivity index (χ1v) is 10.4. The second kappa shape index (κ2) is 9.74. The van der Waals surface area contributed by atoms with Gasteiger partial charge in [0.1, 0.15) is 0 Å². The Kier molecular flexibility index (Phi) is 6.58. The molecule has 3 aromatic carbocycles. The lowest BCUT2D eigenvalue weighted by Crippen LogP contribution is -2.24. The number of rotatable bonds is 7. The Labute approximate surface area is 195 Å². The Morgan fingerprint density at radius 2 is 1.62 bits per heavy atom. The minimum absolute atomic E-state index is 0.0524. The molecule has 6 nitrogen and oxygen atoms in total. The summed E-state index contributed by atoms with van der Waals surface area (Å²) in [6.45, 7) is -0.168. The first kappa shape index (κ1) is 23.0. The van der Waals surface area contributed by atoms with Gasteiger partial charge in [0.15, 0.2) is 23.1 Å². The number of aromatic nitrogens is 1. The van der Waals surface area contributed by atoms with Crippen LogP contribution in [0, 0.1) is 11.6 Å². The molecular weight excluding hydrogens is 442 g/mol. The zero-order valence-electron chi connectivity index (χ0n) is 18.8. The van der Waals surface area contributed by atoms with Crippen molar-refractivity contribution in [2.24, 2.45) is 0 Å². The minimum atomic E-state index is -0.986. The molecule has 1 amide bonds. The number of benzene rings is 3. The van der Waals surface area contributed by atoms with E-state index in [9.17, 15) is 13.6 Å². The highest BCUT2D eigenvalue weighted by Gasteiger charge is 2.18. The molecule has 0 aliphatic carbocycles. The van der Waals surface area contributed by atoms with Crippen LogP contribution >= 0.6 is 0 Å². The number of fused-ring (bicyclic) bond motifs is 1. The summed E-state index contributed by atoms with van der Waals surface area (Å²) in [5.74, 6) is -1.08. The Balaban J connectivity index is 1.77. The molecule has 0 atom stereocenters. The molecule has 0 unspecified atom stereocenters. The molecule has 0 saturated heterocycles. The van der Waals surface area contributed by atoms with Crippen LogP contribution in [-0.4, -0.2) is 32.2 Å². The number of hydrogen-bond donors (Lipinski definition) is 1. The summed E-state index contributed by atoms with van der Waals surface area (Å²) in [5.41, 5.74) is 2.13. The largest absolute Gasteiger partial charge is 0.493 e. The summed E-state index contributed by atoms with van der Waals surface area (Å²) in [6.07, 6.45) is 0. The van der Waals surface area contributed by atoms with E-state index >= 15 is 0 Å². The second-order valence-corrected chi connectivity index (χ2v) is 7.38. The van der Waals surface area contributed by atoms with Gasteiger partial charge in [-0.05, 0) is 30.3 Å². The molecule has 4 aromatic rings. The van der Waals surface area contributed by atoms with Gasteiger partial charge >= 0.3 is 0 Å². The standard InChI is InChI=1S/C26H22F2N2O4/c1-32-22-11-16(12-23(33-2)25(22)34-3)21-13-18(17-8-4-5-10-20(17)30-21)26(31)29-14-15-7-6-9-19(27)24(15)28/h4-13H,14H2,1-3H3,(H,29,31). The molecule has 1 N–H and O–H groups in total. The smallest absolute Gasteiger partial charge is 0.252 e. The molecule has 8 heteroatoms.